The van der Waals surface area contributed by atoms with Gasteiger partial charge in [0.1, 0.15) is 5.75 Å². The molecule has 0 spiro atoms. The van der Waals surface area contributed by atoms with E-state index in [-0.39, 0.29) is 16.8 Å². The highest BCUT2D eigenvalue weighted by Crippen LogP contribution is 2.18. The molecule has 3 aromatic rings. The van der Waals surface area contributed by atoms with E-state index in [4.69, 9.17) is 4.74 Å². The summed E-state index contributed by atoms with van der Waals surface area (Å²) >= 11 is 0. The van der Waals surface area contributed by atoms with Gasteiger partial charge in [0.2, 0.25) is 11.9 Å². The van der Waals surface area contributed by atoms with Crippen molar-refractivity contribution in [3.8, 4) is 5.75 Å². The monoisotopic (exact) mass is 480 g/mol. The zero-order chi connectivity index (χ0) is 24.6. The molecule has 3 rings (SSSR count). The molecule has 0 fully saturated rings. The summed E-state index contributed by atoms with van der Waals surface area (Å²) in [5.74, 6) is 0.477. The van der Waals surface area contributed by atoms with Crippen molar-refractivity contribution in [1.82, 2.24) is 9.97 Å². The number of carbonyl (C=O) groups excluding carboxylic acids is 1. The number of aryl methyl sites for hydroxylation is 2. The summed E-state index contributed by atoms with van der Waals surface area (Å²) < 4.78 is 33.2. The smallest absolute Gasteiger partial charge is 0.264 e. The fourth-order valence-corrected chi connectivity index (χ4v) is 3.98. The second-order valence-corrected chi connectivity index (χ2v) is 9.38. The van der Waals surface area contributed by atoms with Crippen LogP contribution in [-0.4, -0.2) is 30.9 Å². The van der Waals surface area contributed by atoms with Gasteiger partial charge < -0.3 is 10.1 Å². The van der Waals surface area contributed by atoms with E-state index in [1.54, 1.807) is 26.0 Å². The normalized spacial score (nSPS) is 11.4. The zero-order valence-corrected chi connectivity index (χ0v) is 20.2. The molecular formula is C25H28N4O4S. The number of aromatic nitrogens is 2. The largest absolute Gasteiger partial charge is 0.494 e. The summed E-state index contributed by atoms with van der Waals surface area (Å²) in [6.45, 7) is 6.31. The first kappa shape index (κ1) is 24.9. The number of carbonyl (C=O) groups is 1. The van der Waals surface area contributed by atoms with Crippen molar-refractivity contribution < 1.29 is 17.9 Å². The fourth-order valence-electron chi connectivity index (χ4n) is 3.03. The first-order chi connectivity index (χ1) is 16.2. The van der Waals surface area contributed by atoms with Crippen LogP contribution in [0.1, 0.15) is 36.7 Å². The highest BCUT2D eigenvalue weighted by molar-refractivity contribution is 7.92. The fraction of sp³-hybridized carbons (Fsp3) is 0.240. The van der Waals surface area contributed by atoms with Crippen LogP contribution in [0.15, 0.2) is 65.6 Å². The van der Waals surface area contributed by atoms with Crippen LogP contribution < -0.4 is 14.8 Å². The van der Waals surface area contributed by atoms with E-state index < -0.39 is 10.0 Å². The minimum absolute atomic E-state index is 0.0144. The van der Waals surface area contributed by atoms with Crippen molar-refractivity contribution in [3.63, 3.8) is 0 Å². The van der Waals surface area contributed by atoms with Crippen LogP contribution >= 0.6 is 0 Å². The Bertz CT molecular complexity index is 1230. The van der Waals surface area contributed by atoms with Crippen LogP contribution in [0.3, 0.4) is 0 Å². The number of benzene rings is 2. The van der Waals surface area contributed by atoms with Gasteiger partial charge in [0.05, 0.1) is 11.5 Å². The standard InChI is InChI=1S/C25H28N4O4S/c1-4-5-16-33-22-11-6-20(7-12-22)8-15-24(30)28-21-9-13-23(14-10-21)34(31,32)29-25-26-18(2)17-19(3)27-25/h6-15,17H,4-5,16H2,1-3H3,(H,28,30)(H,26,27,29)/b15-8+. The van der Waals surface area contributed by atoms with Crippen molar-refractivity contribution in [2.75, 3.05) is 16.6 Å². The molecule has 0 bridgehead atoms. The van der Waals surface area contributed by atoms with Crippen LogP contribution in [0, 0.1) is 13.8 Å². The summed E-state index contributed by atoms with van der Waals surface area (Å²) in [7, 11) is -3.86. The maximum absolute atomic E-state index is 12.6. The molecule has 178 valence electrons. The average molecular weight is 481 g/mol. The summed E-state index contributed by atoms with van der Waals surface area (Å²) in [5, 5.41) is 2.71. The van der Waals surface area contributed by atoms with Crippen molar-refractivity contribution in [1.29, 1.82) is 0 Å². The molecule has 1 aromatic heterocycles. The lowest BCUT2D eigenvalue weighted by Crippen LogP contribution is -2.16. The molecule has 34 heavy (non-hydrogen) atoms. The van der Waals surface area contributed by atoms with Gasteiger partial charge in [-0.2, -0.15) is 0 Å². The molecule has 0 aliphatic heterocycles. The summed E-state index contributed by atoms with van der Waals surface area (Å²) in [6.07, 6.45) is 5.19. The van der Waals surface area contributed by atoms with Gasteiger partial charge in [-0.25, -0.2) is 23.1 Å². The van der Waals surface area contributed by atoms with Gasteiger partial charge in [-0.15, -0.1) is 0 Å². The Hall–Kier alpha value is -3.72. The first-order valence-electron chi connectivity index (χ1n) is 10.9. The first-order valence-corrected chi connectivity index (χ1v) is 12.4. The molecule has 1 heterocycles. The van der Waals surface area contributed by atoms with E-state index in [0.29, 0.717) is 23.7 Å². The predicted molar refractivity (Wildman–Crippen MR) is 133 cm³/mol. The van der Waals surface area contributed by atoms with Gasteiger partial charge in [-0.1, -0.05) is 25.5 Å². The molecule has 0 saturated heterocycles. The molecule has 0 unspecified atom stereocenters. The molecule has 0 atom stereocenters. The number of sulfonamides is 1. The Kier molecular flexibility index (Phi) is 8.37. The molecule has 2 N–H and O–H groups in total. The van der Waals surface area contributed by atoms with E-state index in [9.17, 15) is 13.2 Å². The maximum atomic E-state index is 12.6. The van der Waals surface area contributed by atoms with Gasteiger partial charge >= 0.3 is 0 Å². The quantitative estimate of drug-likeness (QED) is 0.321. The number of nitrogens with one attached hydrogen (secondary N) is 2. The number of hydrogen-bond acceptors (Lipinski definition) is 6. The number of ether oxygens (including phenoxy) is 1. The number of unbranched alkanes of at least 4 members (excludes halogenated alkanes) is 1. The Morgan fingerprint density at radius 3 is 2.26 bits per heavy atom. The van der Waals surface area contributed by atoms with E-state index in [1.807, 2.05) is 24.3 Å². The van der Waals surface area contributed by atoms with Crippen molar-refractivity contribution >= 4 is 33.6 Å². The summed E-state index contributed by atoms with van der Waals surface area (Å²) in [4.78, 5) is 20.5. The number of nitrogens with zero attached hydrogens (tertiary/aromatic N) is 2. The minimum atomic E-state index is -3.86. The molecule has 0 radical (unpaired) electrons. The number of amides is 1. The average Bonchev–Trinajstić information content (AvgIpc) is 2.78. The van der Waals surface area contributed by atoms with Crippen LogP contribution in [0.4, 0.5) is 11.6 Å². The number of anilines is 2. The second-order valence-electron chi connectivity index (χ2n) is 7.70. The predicted octanol–water partition coefficient (Wildman–Crippen LogP) is 4.73. The van der Waals surface area contributed by atoms with Crippen LogP contribution in [0.2, 0.25) is 0 Å². The van der Waals surface area contributed by atoms with E-state index in [2.05, 4.69) is 26.9 Å². The van der Waals surface area contributed by atoms with Gasteiger partial charge in [0, 0.05) is 23.2 Å². The summed E-state index contributed by atoms with van der Waals surface area (Å²) in [5.41, 5.74) is 2.65. The Morgan fingerprint density at radius 1 is 1.00 bits per heavy atom. The molecule has 0 aliphatic carbocycles. The Labute approximate surface area is 200 Å². The lowest BCUT2D eigenvalue weighted by Gasteiger charge is -2.09. The Balaban J connectivity index is 1.57. The highest BCUT2D eigenvalue weighted by atomic mass is 32.2. The van der Waals surface area contributed by atoms with E-state index in [1.165, 1.54) is 30.3 Å². The molecule has 8 nitrogen and oxygen atoms in total. The van der Waals surface area contributed by atoms with E-state index in [0.717, 1.165) is 24.2 Å². The molecule has 1 amide bonds. The van der Waals surface area contributed by atoms with Gasteiger partial charge in [0.25, 0.3) is 10.0 Å². The molecule has 2 aromatic carbocycles. The highest BCUT2D eigenvalue weighted by Gasteiger charge is 2.16. The SMILES string of the molecule is CCCCOc1ccc(/C=C/C(=O)Nc2ccc(S(=O)(=O)Nc3nc(C)cc(C)n3)cc2)cc1. The van der Waals surface area contributed by atoms with Gasteiger partial charge in [0.15, 0.2) is 0 Å². The van der Waals surface area contributed by atoms with Gasteiger partial charge in [-0.05, 0) is 74.4 Å². The molecule has 0 saturated carbocycles. The third kappa shape index (κ3) is 7.41. The van der Waals surface area contributed by atoms with Crippen LogP contribution in [0.5, 0.6) is 5.75 Å². The maximum Gasteiger partial charge on any atom is 0.264 e. The second kappa shape index (κ2) is 11.4. The number of rotatable bonds is 10. The molecule has 9 heteroatoms. The van der Waals surface area contributed by atoms with E-state index >= 15 is 0 Å². The van der Waals surface area contributed by atoms with Crippen molar-refractivity contribution in [2.24, 2.45) is 0 Å². The number of hydrogen-bond donors (Lipinski definition) is 2. The Morgan fingerprint density at radius 2 is 1.65 bits per heavy atom. The van der Waals surface area contributed by atoms with Crippen LogP contribution in [0.25, 0.3) is 6.08 Å². The summed E-state index contributed by atoms with van der Waals surface area (Å²) in [6, 6.07) is 15.1. The zero-order valence-electron chi connectivity index (χ0n) is 19.4. The topological polar surface area (TPSA) is 110 Å². The lowest BCUT2D eigenvalue weighted by atomic mass is 10.2. The van der Waals surface area contributed by atoms with Gasteiger partial charge in [-0.3, -0.25) is 4.79 Å². The third-order valence-electron chi connectivity index (χ3n) is 4.71. The van der Waals surface area contributed by atoms with Crippen molar-refractivity contribution in [2.45, 2.75) is 38.5 Å². The van der Waals surface area contributed by atoms with Crippen molar-refractivity contribution in [3.05, 3.63) is 77.6 Å². The molecule has 0 aliphatic rings. The minimum Gasteiger partial charge on any atom is -0.494 e. The van der Waals surface area contributed by atoms with Crippen LogP contribution in [-0.2, 0) is 14.8 Å². The third-order valence-corrected chi connectivity index (χ3v) is 6.06. The lowest BCUT2D eigenvalue weighted by molar-refractivity contribution is -0.111. The molecular weight excluding hydrogens is 452 g/mol.